The van der Waals surface area contributed by atoms with E-state index in [9.17, 15) is 10.2 Å². The highest BCUT2D eigenvalue weighted by molar-refractivity contribution is 9.10. The van der Waals surface area contributed by atoms with Gasteiger partial charge in [0.05, 0.1) is 5.60 Å². The molecule has 0 heterocycles. The largest absolute Gasteiger partial charge is 0.508 e. The van der Waals surface area contributed by atoms with Crippen LogP contribution in [-0.2, 0) is 0 Å². The summed E-state index contributed by atoms with van der Waals surface area (Å²) in [7, 11) is 0. The van der Waals surface area contributed by atoms with Crippen molar-refractivity contribution in [1.29, 1.82) is 0 Å². The number of rotatable bonds is 4. The number of phenolic OH excluding ortho intramolecular Hbond substituents is 1. The Kier molecular flexibility index (Phi) is 4.35. The molecule has 0 bridgehead atoms. The topological polar surface area (TPSA) is 52.5 Å². The van der Waals surface area contributed by atoms with Gasteiger partial charge in [-0.2, -0.15) is 0 Å². The summed E-state index contributed by atoms with van der Waals surface area (Å²) in [5, 5.41) is 22.5. The number of phenols is 1. The van der Waals surface area contributed by atoms with Crippen LogP contribution < -0.4 is 5.32 Å². The predicted molar refractivity (Wildman–Crippen MR) is 68.5 cm³/mol. The van der Waals surface area contributed by atoms with Crippen LogP contribution in [0, 0.1) is 0 Å². The molecule has 0 aromatic heterocycles. The van der Waals surface area contributed by atoms with Gasteiger partial charge in [-0.25, -0.2) is 0 Å². The maximum Gasteiger partial charge on any atom is 0.121 e. The summed E-state index contributed by atoms with van der Waals surface area (Å²) in [6, 6.07) is 5.41. The summed E-state index contributed by atoms with van der Waals surface area (Å²) in [4.78, 5) is 0. The van der Waals surface area contributed by atoms with Crippen LogP contribution in [0.15, 0.2) is 22.7 Å². The van der Waals surface area contributed by atoms with Gasteiger partial charge in [0.15, 0.2) is 0 Å². The Hall–Kier alpha value is -0.580. The number of aliphatic hydroxyl groups is 1. The van der Waals surface area contributed by atoms with Crippen molar-refractivity contribution in [1.82, 2.24) is 5.32 Å². The number of benzene rings is 1. The van der Waals surface area contributed by atoms with E-state index in [0.717, 1.165) is 10.0 Å². The van der Waals surface area contributed by atoms with E-state index in [2.05, 4.69) is 21.2 Å². The quantitative estimate of drug-likeness (QED) is 0.798. The highest BCUT2D eigenvalue weighted by atomic mass is 79.9. The van der Waals surface area contributed by atoms with Crippen molar-refractivity contribution in [3.05, 3.63) is 28.2 Å². The van der Waals surface area contributed by atoms with E-state index in [1.165, 1.54) is 0 Å². The Labute approximate surface area is 105 Å². The van der Waals surface area contributed by atoms with Crippen molar-refractivity contribution in [2.45, 2.75) is 32.4 Å². The Balaban J connectivity index is 2.70. The van der Waals surface area contributed by atoms with Gasteiger partial charge in [-0.3, -0.25) is 0 Å². The van der Waals surface area contributed by atoms with Crippen molar-refractivity contribution in [3.63, 3.8) is 0 Å². The van der Waals surface area contributed by atoms with Crippen molar-refractivity contribution >= 4 is 15.9 Å². The van der Waals surface area contributed by atoms with Crippen LogP contribution in [0.2, 0.25) is 0 Å². The molecule has 1 aromatic rings. The molecule has 0 aliphatic rings. The van der Waals surface area contributed by atoms with Gasteiger partial charge in [-0.15, -0.1) is 0 Å². The van der Waals surface area contributed by atoms with Crippen LogP contribution in [0.1, 0.15) is 32.4 Å². The van der Waals surface area contributed by atoms with Crippen molar-refractivity contribution < 1.29 is 10.2 Å². The summed E-state index contributed by atoms with van der Waals surface area (Å²) in [6.45, 7) is 5.92. The minimum absolute atomic E-state index is 0.000440. The highest BCUT2D eigenvalue weighted by Gasteiger charge is 2.16. The number of hydrogen-bond donors (Lipinski definition) is 3. The van der Waals surface area contributed by atoms with Crippen LogP contribution in [0.3, 0.4) is 0 Å². The summed E-state index contributed by atoms with van der Waals surface area (Å²) >= 11 is 3.30. The fraction of sp³-hybridized carbons (Fsp3) is 0.500. The zero-order valence-electron chi connectivity index (χ0n) is 9.79. The molecule has 3 nitrogen and oxygen atoms in total. The molecule has 1 unspecified atom stereocenters. The van der Waals surface area contributed by atoms with Crippen molar-refractivity contribution in [2.75, 3.05) is 6.54 Å². The normalized spacial score (nSPS) is 13.8. The van der Waals surface area contributed by atoms with Gasteiger partial charge in [0.1, 0.15) is 5.75 Å². The van der Waals surface area contributed by atoms with E-state index in [1.54, 1.807) is 19.9 Å². The summed E-state index contributed by atoms with van der Waals surface area (Å²) in [6.07, 6.45) is 0. The molecule has 0 aliphatic heterocycles. The van der Waals surface area contributed by atoms with Gasteiger partial charge >= 0.3 is 0 Å². The maximum absolute atomic E-state index is 9.76. The lowest BCUT2D eigenvalue weighted by atomic mass is 10.1. The van der Waals surface area contributed by atoms with E-state index in [-0.39, 0.29) is 11.8 Å². The number of halogens is 1. The first kappa shape index (κ1) is 13.5. The van der Waals surface area contributed by atoms with Crippen LogP contribution >= 0.6 is 15.9 Å². The standard InChI is InChI=1S/C12H18BrNO2/c1-8(14-7-12(2,3)16)10-5-4-9(13)6-11(10)15/h4-6,8,14-16H,7H2,1-3H3. The van der Waals surface area contributed by atoms with E-state index in [0.29, 0.717) is 6.54 Å². The molecule has 0 aliphatic carbocycles. The zero-order chi connectivity index (χ0) is 12.3. The lowest BCUT2D eigenvalue weighted by molar-refractivity contribution is 0.0769. The summed E-state index contributed by atoms with van der Waals surface area (Å²) < 4.78 is 0.850. The first-order chi connectivity index (χ1) is 7.29. The van der Waals surface area contributed by atoms with Crippen LogP contribution in [0.5, 0.6) is 5.75 Å². The molecule has 0 radical (unpaired) electrons. The molecule has 0 saturated heterocycles. The van der Waals surface area contributed by atoms with Crippen molar-refractivity contribution in [3.8, 4) is 5.75 Å². The van der Waals surface area contributed by atoms with Crippen LogP contribution in [0.25, 0.3) is 0 Å². The average Bonchev–Trinajstić information content (AvgIpc) is 2.13. The third-order valence-electron chi connectivity index (χ3n) is 2.30. The lowest BCUT2D eigenvalue weighted by Crippen LogP contribution is -2.36. The fourth-order valence-electron chi connectivity index (χ4n) is 1.40. The maximum atomic E-state index is 9.76. The van der Waals surface area contributed by atoms with E-state index in [1.807, 2.05) is 19.1 Å². The number of nitrogens with one attached hydrogen (secondary N) is 1. The minimum atomic E-state index is -0.751. The van der Waals surface area contributed by atoms with E-state index < -0.39 is 5.60 Å². The smallest absolute Gasteiger partial charge is 0.121 e. The Morgan fingerprint density at radius 1 is 1.44 bits per heavy atom. The average molecular weight is 288 g/mol. The molecule has 3 N–H and O–H groups in total. The lowest BCUT2D eigenvalue weighted by Gasteiger charge is -2.22. The molecule has 1 aromatic carbocycles. The minimum Gasteiger partial charge on any atom is -0.508 e. The molecule has 0 spiro atoms. The monoisotopic (exact) mass is 287 g/mol. The second kappa shape index (κ2) is 5.17. The van der Waals surface area contributed by atoms with Gasteiger partial charge in [0.25, 0.3) is 0 Å². The van der Waals surface area contributed by atoms with Crippen molar-refractivity contribution in [2.24, 2.45) is 0 Å². The van der Waals surface area contributed by atoms with Gasteiger partial charge in [0.2, 0.25) is 0 Å². The third kappa shape index (κ3) is 4.12. The van der Waals surface area contributed by atoms with Gasteiger partial charge < -0.3 is 15.5 Å². The Morgan fingerprint density at radius 3 is 2.56 bits per heavy atom. The number of aromatic hydroxyl groups is 1. The molecule has 0 fully saturated rings. The van der Waals surface area contributed by atoms with E-state index >= 15 is 0 Å². The van der Waals surface area contributed by atoms with Gasteiger partial charge in [0, 0.05) is 22.6 Å². The second-order valence-corrected chi connectivity index (χ2v) is 5.53. The van der Waals surface area contributed by atoms with E-state index in [4.69, 9.17) is 0 Å². The van der Waals surface area contributed by atoms with Gasteiger partial charge in [-0.05, 0) is 32.9 Å². The molecular weight excluding hydrogens is 270 g/mol. The first-order valence-corrected chi connectivity index (χ1v) is 6.03. The van der Waals surface area contributed by atoms with Crippen LogP contribution in [-0.4, -0.2) is 22.4 Å². The molecule has 0 saturated carbocycles. The predicted octanol–water partition coefficient (Wildman–Crippen LogP) is 2.58. The van der Waals surface area contributed by atoms with Gasteiger partial charge in [-0.1, -0.05) is 22.0 Å². The molecule has 1 rings (SSSR count). The molecule has 90 valence electrons. The number of hydrogen-bond acceptors (Lipinski definition) is 3. The molecule has 0 amide bonds. The highest BCUT2D eigenvalue weighted by Crippen LogP contribution is 2.27. The SMILES string of the molecule is CC(NCC(C)(C)O)c1ccc(Br)cc1O. The fourth-order valence-corrected chi connectivity index (χ4v) is 1.74. The summed E-state index contributed by atoms with van der Waals surface area (Å²) in [5.74, 6) is 0.255. The Morgan fingerprint density at radius 2 is 2.06 bits per heavy atom. The first-order valence-electron chi connectivity index (χ1n) is 5.24. The molecule has 16 heavy (non-hydrogen) atoms. The summed E-state index contributed by atoms with van der Waals surface area (Å²) in [5.41, 5.74) is 0.0756. The second-order valence-electron chi connectivity index (χ2n) is 4.62. The third-order valence-corrected chi connectivity index (χ3v) is 2.79. The zero-order valence-corrected chi connectivity index (χ0v) is 11.4. The van der Waals surface area contributed by atoms with Crippen LogP contribution in [0.4, 0.5) is 0 Å². The molecule has 4 heteroatoms. The molecule has 1 atom stereocenters. The molecular formula is C12H18BrNO2. The Bertz CT molecular complexity index is 361.